The number of likely N-dealkylation sites (N-methyl/N-ethyl adjacent to an activating group) is 1. The molecule has 1 aliphatic rings. The van der Waals surface area contributed by atoms with E-state index in [0.717, 1.165) is 16.7 Å². The average molecular weight is 392 g/mol. The summed E-state index contributed by atoms with van der Waals surface area (Å²) in [5.41, 5.74) is 8.12. The summed E-state index contributed by atoms with van der Waals surface area (Å²) in [5.74, 6) is -0.427. The zero-order valence-electron chi connectivity index (χ0n) is 17.2. The van der Waals surface area contributed by atoms with Crippen molar-refractivity contribution in [2.45, 2.75) is 33.2 Å². The first-order valence-electron chi connectivity index (χ1n) is 9.26. The Morgan fingerprint density at radius 3 is 2.48 bits per heavy atom. The van der Waals surface area contributed by atoms with E-state index in [2.05, 4.69) is 61.5 Å². The first-order chi connectivity index (χ1) is 13.6. The van der Waals surface area contributed by atoms with Crippen molar-refractivity contribution in [1.29, 1.82) is 0 Å². The van der Waals surface area contributed by atoms with Crippen LogP contribution in [-0.4, -0.2) is 29.6 Å². The Balaban J connectivity index is 1.79. The number of nitro benzene ring substituents is 1. The summed E-state index contributed by atoms with van der Waals surface area (Å²) >= 11 is 0. The maximum Gasteiger partial charge on any atom is 0.271 e. The van der Waals surface area contributed by atoms with Crippen molar-refractivity contribution < 1.29 is 9.72 Å². The minimum absolute atomic E-state index is 0.0577. The number of amides is 1. The fraction of sp³-hybridized carbons (Fsp3) is 0.273. The van der Waals surface area contributed by atoms with Gasteiger partial charge in [-0.2, -0.15) is 5.10 Å². The van der Waals surface area contributed by atoms with Crippen molar-refractivity contribution in [3.63, 3.8) is 0 Å². The van der Waals surface area contributed by atoms with Crippen LogP contribution in [0.25, 0.3) is 5.57 Å². The highest BCUT2D eigenvalue weighted by Gasteiger charge is 2.28. The molecule has 0 atom stereocenters. The van der Waals surface area contributed by atoms with Gasteiger partial charge in [0.25, 0.3) is 11.6 Å². The number of non-ortho nitro benzene ring substituents is 1. The Hall–Kier alpha value is -3.48. The summed E-state index contributed by atoms with van der Waals surface area (Å²) in [6.45, 7) is 8.46. The molecular formula is C22H24N4O3. The molecule has 0 radical (unpaired) electrons. The highest BCUT2D eigenvalue weighted by atomic mass is 16.6. The molecule has 7 heteroatoms. The van der Waals surface area contributed by atoms with E-state index in [0.29, 0.717) is 5.56 Å². The van der Waals surface area contributed by atoms with Crippen molar-refractivity contribution in [3.05, 3.63) is 74.8 Å². The summed E-state index contributed by atoms with van der Waals surface area (Å²) in [7, 11) is 2.08. The van der Waals surface area contributed by atoms with E-state index in [-0.39, 0.29) is 11.2 Å². The quantitative estimate of drug-likeness (QED) is 0.477. The molecule has 29 heavy (non-hydrogen) atoms. The van der Waals surface area contributed by atoms with Crippen LogP contribution in [0, 0.1) is 17.0 Å². The zero-order valence-corrected chi connectivity index (χ0v) is 17.2. The minimum Gasteiger partial charge on any atom is -0.365 e. The van der Waals surface area contributed by atoms with Crippen LogP contribution in [0.15, 0.2) is 47.6 Å². The van der Waals surface area contributed by atoms with Crippen LogP contribution in [0.4, 0.5) is 11.4 Å². The van der Waals surface area contributed by atoms with Gasteiger partial charge in [0.05, 0.1) is 16.7 Å². The molecule has 150 valence electrons. The summed E-state index contributed by atoms with van der Waals surface area (Å²) in [5, 5.41) is 14.8. The first-order valence-corrected chi connectivity index (χ1v) is 9.26. The van der Waals surface area contributed by atoms with Crippen LogP contribution in [0.2, 0.25) is 0 Å². The number of nitrogens with one attached hydrogen (secondary N) is 1. The fourth-order valence-corrected chi connectivity index (χ4v) is 3.42. The van der Waals surface area contributed by atoms with Gasteiger partial charge in [0.15, 0.2) is 0 Å². The zero-order chi connectivity index (χ0) is 21.3. The van der Waals surface area contributed by atoms with Crippen LogP contribution in [0.3, 0.4) is 0 Å². The summed E-state index contributed by atoms with van der Waals surface area (Å²) in [6, 6.07) is 9.59. The van der Waals surface area contributed by atoms with Gasteiger partial charge in [-0.1, -0.05) is 6.08 Å². The van der Waals surface area contributed by atoms with Crippen LogP contribution in [0.5, 0.6) is 0 Å². The highest BCUT2D eigenvalue weighted by Crippen LogP contribution is 2.38. The van der Waals surface area contributed by atoms with Gasteiger partial charge in [0.2, 0.25) is 0 Å². The Morgan fingerprint density at radius 2 is 1.86 bits per heavy atom. The lowest BCUT2D eigenvalue weighted by Crippen LogP contribution is -2.42. The number of rotatable bonds is 4. The van der Waals surface area contributed by atoms with Gasteiger partial charge in [0, 0.05) is 36.0 Å². The number of carbonyl (C=O) groups is 1. The second-order valence-corrected chi connectivity index (χ2v) is 7.77. The standard InChI is InChI=1S/C22H24N4O3/c1-14-10-20-19(15(2)12-22(3,4)25(20)5)11-17(14)13-23-24-21(27)16-6-8-18(9-7-16)26(28)29/h6-13H,1-5H3,(H,24,27)/b23-13+. The average Bonchev–Trinajstić information content (AvgIpc) is 2.66. The van der Waals surface area contributed by atoms with Crippen LogP contribution in [0.1, 0.15) is 47.8 Å². The molecule has 0 saturated heterocycles. The van der Waals surface area contributed by atoms with E-state index in [4.69, 9.17) is 0 Å². The van der Waals surface area contributed by atoms with Gasteiger partial charge in [0.1, 0.15) is 0 Å². The van der Waals surface area contributed by atoms with Crippen molar-refractivity contribution in [3.8, 4) is 0 Å². The molecule has 1 amide bonds. The third-order valence-corrected chi connectivity index (χ3v) is 5.31. The van der Waals surface area contributed by atoms with E-state index < -0.39 is 10.8 Å². The number of carbonyl (C=O) groups excluding carboxylic acids is 1. The number of allylic oxidation sites excluding steroid dienone is 1. The number of nitro groups is 1. The molecule has 2 aromatic carbocycles. The lowest BCUT2D eigenvalue weighted by molar-refractivity contribution is -0.384. The lowest BCUT2D eigenvalue weighted by Gasteiger charge is -2.41. The number of benzene rings is 2. The number of hydrogen-bond acceptors (Lipinski definition) is 5. The minimum atomic E-state index is -0.506. The van der Waals surface area contributed by atoms with E-state index in [1.165, 1.54) is 35.5 Å². The second-order valence-electron chi connectivity index (χ2n) is 7.77. The van der Waals surface area contributed by atoms with Crippen LogP contribution < -0.4 is 10.3 Å². The van der Waals surface area contributed by atoms with Gasteiger partial charge < -0.3 is 4.90 Å². The molecule has 0 fully saturated rings. The maximum absolute atomic E-state index is 12.2. The van der Waals surface area contributed by atoms with Crippen molar-refractivity contribution in [2.24, 2.45) is 5.10 Å². The molecule has 0 aromatic heterocycles. The summed E-state index contributed by atoms with van der Waals surface area (Å²) < 4.78 is 0. The van der Waals surface area contributed by atoms with Crippen LogP contribution in [-0.2, 0) is 0 Å². The number of anilines is 1. The maximum atomic E-state index is 12.2. The number of nitrogens with zero attached hydrogens (tertiary/aromatic N) is 3. The van der Waals surface area contributed by atoms with E-state index in [1.807, 2.05) is 6.92 Å². The molecular weight excluding hydrogens is 368 g/mol. The van der Waals surface area contributed by atoms with Crippen LogP contribution >= 0.6 is 0 Å². The van der Waals surface area contributed by atoms with Gasteiger partial charge in [-0.25, -0.2) is 5.43 Å². The predicted octanol–water partition coefficient (Wildman–Crippen LogP) is 4.30. The van der Waals surface area contributed by atoms with E-state index >= 15 is 0 Å². The second kappa shape index (κ2) is 7.50. The Morgan fingerprint density at radius 1 is 1.21 bits per heavy atom. The number of hydrogen-bond donors (Lipinski definition) is 1. The Bertz CT molecular complexity index is 1040. The fourth-order valence-electron chi connectivity index (χ4n) is 3.42. The lowest BCUT2D eigenvalue weighted by atomic mass is 9.87. The molecule has 0 bridgehead atoms. The molecule has 0 unspecified atom stereocenters. The van der Waals surface area contributed by atoms with Gasteiger partial charge in [-0.3, -0.25) is 14.9 Å². The summed E-state index contributed by atoms with van der Waals surface area (Å²) in [4.78, 5) is 24.6. The molecule has 3 rings (SSSR count). The number of aryl methyl sites for hydroxylation is 1. The van der Waals surface area contributed by atoms with Gasteiger partial charge in [-0.05, 0) is 68.7 Å². The topological polar surface area (TPSA) is 87.8 Å². The van der Waals surface area contributed by atoms with Gasteiger partial charge in [-0.15, -0.1) is 0 Å². The van der Waals surface area contributed by atoms with Crippen molar-refractivity contribution >= 4 is 29.1 Å². The van der Waals surface area contributed by atoms with Crippen molar-refractivity contribution in [2.75, 3.05) is 11.9 Å². The Labute approximate surface area is 169 Å². The number of hydrazone groups is 1. The molecule has 0 aliphatic carbocycles. The monoisotopic (exact) mass is 392 g/mol. The molecule has 1 heterocycles. The smallest absolute Gasteiger partial charge is 0.271 e. The van der Waals surface area contributed by atoms with Gasteiger partial charge >= 0.3 is 0 Å². The number of fused-ring (bicyclic) bond motifs is 1. The SMILES string of the molecule is CC1=CC(C)(C)N(C)c2cc(C)c(/C=N/NC(=O)c3ccc([N+](=O)[O-])cc3)cc21. The third kappa shape index (κ3) is 4.03. The first kappa shape index (κ1) is 20.3. The van der Waals surface area contributed by atoms with E-state index in [9.17, 15) is 14.9 Å². The normalized spacial score (nSPS) is 15.1. The molecule has 1 aliphatic heterocycles. The molecule has 2 aromatic rings. The molecule has 1 N–H and O–H groups in total. The molecule has 0 saturated carbocycles. The van der Waals surface area contributed by atoms with Crippen molar-refractivity contribution in [1.82, 2.24) is 5.43 Å². The van der Waals surface area contributed by atoms with E-state index in [1.54, 1.807) is 6.21 Å². The highest BCUT2D eigenvalue weighted by molar-refractivity contribution is 5.95. The largest absolute Gasteiger partial charge is 0.365 e. The molecule has 0 spiro atoms. The predicted molar refractivity (Wildman–Crippen MR) is 115 cm³/mol. The molecule has 7 nitrogen and oxygen atoms in total. The summed E-state index contributed by atoms with van der Waals surface area (Å²) in [6.07, 6.45) is 3.86. The Kier molecular flexibility index (Phi) is 5.24. The third-order valence-electron chi connectivity index (χ3n) is 5.31.